The average Bonchev–Trinajstić information content (AvgIpc) is 1.60. The Morgan fingerprint density at radius 3 is 1.60 bits per heavy atom. The molecule has 1 radical (unpaired) electrons. The lowest BCUT2D eigenvalue weighted by Gasteiger charge is -2.34. The number of hydrogen-bond donors (Lipinski definition) is 0. The molecule has 1 heteroatoms. The monoisotopic (exact) mass is 142 g/mol. The molecule has 0 bridgehead atoms. The highest BCUT2D eigenvalue weighted by atomic mass is 15.1. The molecule has 0 rings (SSSR count). The second-order valence-electron chi connectivity index (χ2n) is 3.94. The van der Waals surface area contributed by atoms with Crippen LogP contribution in [0.1, 0.15) is 34.1 Å². The summed E-state index contributed by atoms with van der Waals surface area (Å²) in [6.45, 7) is 8.98. The fourth-order valence-corrected chi connectivity index (χ4v) is 1.52. The highest BCUT2D eigenvalue weighted by Gasteiger charge is 2.25. The van der Waals surface area contributed by atoms with Gasteiger partial charge in [-0.15, -0.1) is 0 Å². The van der Waals surface area contributed by atoms with Crippen molar-refractivity contribution in [2.45, 2.75) is 34.1 Å². The summed E-state index contributed by atoms with van der Waals surface area (Å²) in [6, 6.07) is 1.51. The van der Waals surface area contributed by atoms with E-state index in [0.29, 0.717) is 5.41 Å². The van der Waals surface area contributed by atoms with Crippen LogP contribution in [0.3, 0.4) is 0 Å². The molecule has 0 aromatic rings. The lowest BCUT2D eigenvalue weighted by atomic mass is 9.84. The molecule has 61 valence electrons. The topological polar surface area (TPSA) is 3.24 Å². The van der Waals surface area contributed by atoms with E-state index in [0.717, 1.165) is 6.42 Å². The van der Waals surface area contributed by atoms with Crippen molar-refractivity contribution >= 4 is 0 Å². The summed E-state index contributed by atoms with van der Waals surface area (Å²) in [4.78, 5) is 2.22. The van der Waals surface area contributed by atoms with Crippen molar-refractivity contribution in [2.75, 3.05) is 14.1 Å². The van der Waals surface area contributed by atoms with Crippen molar-refractivity contribution in [1.29, 1.82) is 0 Å². The van der Waals surface area contributed by atoms with Gasteiger partial charge in [0.15, 0.2) is 0 Å². The van der Waals surface area contributed by atoms with E-state index in [-0.39, 0.29) is 0 Å². The van der Waals surface area contributed by atoms with Crippen molar-refractivity contribution in [3.63, 3.8) is 0 Å². The molecule has 0 fully saturated rings. The van der Waals surface area contributed by atoms with Crippen LogP contribution in [0.2, 0.25) is 0 Å². The second kappa shape index (κ2) is 3.38. The standard InChI is InChI=1S/C9H20N/c1-7-8(10(5)6)9(2,3)4/h7H2,1-6H3. The molecule has 1 nitrogen and oxygen atoms in total. The number of nitrogens with zero attached hydrogens (tertiary/aromatic N) is 1. The summed E-state index contributed by atoms with van der Waals surface area (Å²) < 4.78 is 0. The van der Waals surface area contributed by atoms with E-state index in [2.05, 4.69) is 46.7 Å². The minimum Gasteiger partial charge on any atom is -0.301 e. The first-order chi connectivity index (χ1) is 4.39. The first-order valence-electron chi connectivity index (χ1n) is 3.93. The molecule has 0 spiro atoms. The Kier molecular flexibility index (Phi) is 3.37. The molecule has 0 aliphatic rings. The third-order valence-electron chi connectivity index (χ3n) is 1.74. The van der Waals surface area contributed by atoms with E-state index in [9.17, 15) is 0 Å². The van der Waals surface area contributed by atoms with Gasteiger partial charge >= 0.3 is 0 Å². The van der Waals surface area contributed by atoms with Gasteiger partial charge in [0.1, 0.15) is 0 Å². The van der Waals surface area contributed by atoms with Crippen LogP contribution in [0.25, 0.3) is 0 Å². The lowest BCUT2D eigenvalue weighted by Crippen LogP contribution is -2.30. The molecular formula is C9H20N. The molecule has 0 atom stereocenters. The van der Waals surface area contributed by atoms with E-state index in [1.165, 1.54) is 6.04 Å². The number of hydrogen-bond acceptors (Lipinski definition) is 1. The summed E-state index contributed by atoms with van der Waals surface area (Å²) in [6.07, 6.45) is 1.15. The molecule has 0 aromatic carbocycles. The third-order valence-corrected chi connectivity index (χ3v) is 1.74. The summed E-state index contributed by atoms with van der Waals surface area (Å²) in [5.74, 6) is 0. The van der Waals surface area contributed by atoms with Gasteiger partial charge in [-0.25, -0.2) is 0 Å². The number of rotatable bonds is 2. The van der Waals surface area contributed by atoms with Crippen LogP contribution in [-0.4, -0.2) is 19.0 Å². The maximum atomic E-state index is 2.26. The maximum absolute atomic E-state index is 2.26. The molecule has 0 aliphatic carbocycles. The van der Waals surface area contributed by atoms with Crippen molar-refractivity contribution in [3.05, 3.63) is 6.04 Å². The first kappa shape index (κ1) is 9.96. The van der Waals surface area contributed by atoms with Gasteiger partial charge in [0, 0.05) is 6.04 Å². The summed E-state index contributed by atoms with van der Waals surface area (Å²) in [5, 5.41) is 0. The molecule has 0 saturated carbocycles. The molecule has 0 saturated heterocycles. The van der Waals surface area contributed by atoms with E-state index in [4.69, 9.17) is 0 Å². The zero-order chi connectivity index (χ0) is 8.36. The average molecular weight is 142 g/mol. The van der Waals surface area contributed by atoms with Crippen LogP contribution >= 0.6 is 0 Å². The van der Waals surface area contributed by atoms with Crippen molar-refractivity contribution in [2.24, 2.45) is 5.41 Å². The fraction of sp³-hybridized carbons (Fsp3) is 0.889. The zero-order valence-corrected chi connectivity index (χ0v) is 8.15. The first-order valence-corrected chi connectivity index (χ1v) is 3.93. The Morgan fingerprint density at radius 1 is 1.20 bits per heavy atom. The van der Waals surface area contributed by atoms with Crippen LogP contribution in [0.15, 0.2) is 0 Å². The van der Waals surface area contributed by atoms with Crippen LogP contribution < -0.4 is 0 Å². The molecule has 0 heterocycles. The summed E-state index contributed by atoms with van der Waals surface area (Å²) in [7, 11) is 4.23. The van der Waals surface area contributed by atoms with Gasteiger partial charge in [0.05, 0.1) is 0 Å². The molecule has 0 N–H and O–H groups in total. The molecule has 0 aliphatic heterocycles. The zero-order valence-electron chi connectivity index (χ0n) is 8.15. The van der Waals surface area contributed by atoms with E-state index >= 15 is 0 Å². The Hall–Kier alpha value is -0.0400. The van der Waals surface area contributed by atoms with Crippen LogP contribution in [-0.2, 0) is 0 Å². The molecule has 0 aromatic heterocycles. The van der Waals surface area contributed by atoms with Crippen LogP contribution in [0.4, 0.5) is 0 Å². The largest absolute Gasteiger partial charge is 0.301 e. The van der Waals surface area contributed by atoms with Gasteiger partial charge in [-0.2, -0.15) is 0 Å². The lowest BCUT2D eigenvalue weighted by molar-refractivity contribution is 0.251. The molecule has 10 heavy (non-hydrogen) atoms. The Labute approximate surface area is 65.4 Å². The summed E-state index contributed by atoms with van der Waals surface area (Å²) in [5.41, 5.74) is 0.332. The molecule has 0 unspecified atom stereocenters. The van der Waals surface area contributed by atoms with Gasteiger partial charge in [-0.3, -0.25) is 0 Å². The smallest absolute Gasteiger partial charge is 0.0437 e. The van der Waals surface area contributed by atoms with Crippen LogP contribution in [0.5, 0.6) is 0 Å². The van der Waals surface area contributed by atoms with E-state index < -0.39 is 0 Å². The maximum Gasteiger partial charge on any atom is 0.0437 e. The quantitative estimate of drug-likeness (QED) is 0.572. The Balaban J connectivity index is 4.07. The molecular weight excluding hydrogens is 122 g/mol. The summed E-state index contributed by atoms with van der Waals surface area (Å²) >= 11 is 0. The second-order valence-corrected chi connectivity index (χ2v) is 3.94. The normalized spacial score (nSPS) is 13.2. The minimum atomic E-state index is 0.332. The van der Waals surface area contributed by atoms with Gasteiger partial charge in [0.25, 0.3) is 0 Å². The minimum absolute atomic E-state index is 0.332. The van der Waals surface area contributed by atoms with Gasteiger partial charge in [0.2, 0.25) is 0 Å². The van der Waals surface area contributed by atoms with Gasteiger partial charge in [-0.1, -0.05) is 27.7 Å². The van der Waals surface area contributed by atoms with Crippen molar-refractivity contribution in [1.82, 2.24) is 4.90 Å². The van der Waals surface area contributed by atoms with E-state index in [1.54, 1.807) is 0 Å². The predicted molar refractivity (Wildman–Crippen MR) is 46.7 cm³/mol. The predicted octanol–water partition coefficient (Wildman–Crippen LogP) is 2.54. The van der Waals surface area contributed by atoms with Gasteiger partial charge in [-0.05, 0) is 25.9 Å². The fourth-order valence-electron chi connectivity index (χ4n) is 1.52. The molecule has 0 amide bonds. The van der Waals surface area contributed by atoms with Crippen molar-refractivity contribution < 1.29 is 0 Å². The Bertz CT molecular complexity index is 89.4. The SMILES string of the molecule is CC[C](N(C)C)C(C)(C)C. The highest BCUT2D eigenvalue weighted by Crippen LogP contribution is 2.31. The Morgan fingerprint density at radius 2 is 1.60 bits per heavy atom. The van der Waals surface area contributed by atoms with Gasteiger partial charge < -0.3 is 4.90 Å². The third kappa shape index (κ3) is 2.70. The van der Waals surface area contributed by atoms with E-state index in [1.807, 2.05) is 0 Å². The highest BCUT2D eigenvalue weighted by molar-refractivity contribution is 4.96. The van der Waals surface area contributed by atoms with Crippen LogP contribution in [0, 0.1) is 11.5 Å². The van der Waals surface area contributed by atoms with Crippen molar-refractivity contribution in [3.8, 4) is 0 Å².